The van der Waals surface area contributed by atoms with Crippen molar-refractivity contribution < 1.29 is 17.9 Å². The van der Waals surface area contributed by atoms with E-state index >= 15 is 0 Å². The van der Waals surface area contributed by atoms with Crippen LogP contribution in [0.2, 0.25) is 0 Å². The smallest absolute Gasteiger partial charge is 0.191 e. The maximum absolute atomic E-state index is 11.5. The van der Waals surface area contributed by atoms with Gasteiger partial charge in [-0.25, -0.2) is 13.4 Å². The number of hydrogen-bond donors (Lipinski definition) is 2. The maximum atomic E-state index is 11.5. The van der Waals surface area contributed by atoms with Crippen LogP contribution >= 0.6 is 0 Å². The van der Waals surface area contributed by atoms with E-state index in [-0.39, 0.29) is 6.10 Å². The highest BCUT2D eigenvalue weighted by Gasteiger charge is 2.14. The third-order valence-corrected chi connectivity index (χ3v) is 5.33. The Labute approximate surface area is 162 Å². The van der Waals surface area contributed by atoms with Crippen LogP contribution < -0.4 is 10.6 Å². The van der Waals surface area contributed by atoms with E-state index in [9.17, 15) is 8.42 Å². The van der Waals surface area contributed by atoms with Gasteiger partial charge in [-0.05, 0) is 43.9 Å². The first-order chi connectivity index (χ1) is 13.0. The van der Waals surface area contributed by atoms with Crippen molar-refractivity contribution in [1.29, 1.82) is 0 Å². The first-order valence-electron chi connectivity index (χ1n) is 9.49. The van der Waals surface area contributed by atoms with Crippen LogP contribution in [-0.4, -0.2) is 59.6 Å². The third-order valence-electron chi connectivity index (χ3n) is 4.20. The molecular weight excluding hydrogens is 366 g/mol. The third kappa shape index (κ3) is 8.28. The molecular formula is C19H31N3O4S. The molecule has 1 aliphatic rings. The fourth-order valence-electron chi connectivity index (χ4n) is 2.73. The monoisotopic (exact) mass is 397 g/mol. The van der Waals surface area contributed by atoms with E-state index in [1.807, 2.05) is 6.92 Å². The Morgan fingerprint density at radius 2 is 2.07 bits per heavy atom. The second-order valence-corrected chi connectivity index (χ2v) is 8.62. The lowest BCUT2D eigenvalue weighted by molar-refractivity contribution is 0.0168. The van der Waals surface area contributed by atoms with Gasteiger partial charge in [0.25, 0.3) is 0 Å². The van der Waals surface area contributed by atoms with Gasteiger partial charge in [-0.2, -0.15) is 0 Å². The minimum Gasteiger partial charge on any atom is -0.379 e. The van der Waals surface area contributed by atoms with Crippen LogP contribution in [0.4, 0.5) is 0 Å². The average molecular weight is 398 g/mol. The predicted octanol–water partition coefficient (Wildman–Crippen LogP) is 1.73. The molecule has 1 aromatic rings. The molecule has 152 valence electrons. The average Bonchev–Trinajstić information content (AvgIpc) is 3.15. The summed E-state index contributed by atoms with van der Waals surface area (Å²) in [4.78, 5) is 4.86. The number of nitrogens with zero attached hydrogens (tertiary/aromatic N) is 1. The van der Waals surface area contributed by atoms with Crippen molar-refractivity contribution in [3.05, 3.63) is 29.8 Å². The number of benzene rings is 1. The Morgan fingerprint density at radius 1 is 1.30 bits per heavy atom. The minimum absolute atomic E-state index is 0.269. The van der Waals surface area contributed by atoms with Gasteiger partial charge in [-0.3, -0.25) is 0 Å². The summed E-state index contributed by atoms with van der Waals surface area (Å²) in [6, 6.07) is 6.82. The van der Waals surface area contributed by atoms with Crippen molar-refractivity contribution in [1.82, 2.24) is 10.6 Å². The molecule has 2 N–H and O–H groups in total. The van der Waals surface area contributed by atoms with Crippen LogP contribution in [0.15, 0.2) is 34.2 Å². The second kappa shape index (κ2) is 11.3. The molecule has 0 radical (unpaired) electrons. The zero-order chi connectivity index (χ0) is 19.5. The lowest BCUT2D eigenvalue weighted by Crippen LogP contribution is -2.38. The highest BCUT2D eigenvalue weighted by molar-refractivity contribution is 7.90. The van der Waals surface area contributed by atoms with Crippen LogP contribution in [0.25, 0.3) is 0 Å². The Bertz CT molecular complexity index is 683. The fraction of sp³-hybridized carbons (Fsp3) is 0.632. The summed E-state index contributed by atoms with van der Waals surface area (Å²) in [6.07, 6.45) is 4.60. The van der Waals surface area contributed by atoms with Gasteiger partial charge < -0.3 is 20.1 Å². The molecule has 1 fully saturated rings. The molecule has 0 aliphatic carbocycles. The quantitative estimate of drug-likeness (QED) is 0.355. The number of aliphatic imine (C=N–C) groups is 1. The molecule has 1 aliphatic heterocycles. The summed E-state index contributed by atoms with van der Waals surface area (Å²) in [5, 5.41) is 6.49. The van der Waals surface area contributed by atoms with E-state index in [1.165, 1.54) is 6.26 Å². The summed E-state index contributed by atoms with van der Waals surface area (Å²) in [5.41, 5.74) is 0.958. The first-order valence-corrected chi connectivity index (χ1v) is 11.4. The summed E-state index contributed by atoms with van der Waals surface area (Å²) in [5.74, 6) is 0.740. The van der Waals surface area contributed by atoms with Gasteiger partial charge in [-0.15, -0.1) is 0 Å². The Kier molecular flexibility index (Phi) is 9.03. The van der Waals surface area contributed by atoms with Crippen LogP contribution in [0.3, 0.4) is 0 Å². The predicted molar refractivity (Wildman–Crippen MR) is 107 cm³/mol. The minimum atomic E-state index is -3.17. The van der Waals surface area contributed by atoms with Crippen LogP contribution in [0, 0.1) is 0 Å². The molecule has 1 aromatic carbocycles. The number of ether oxygens (including phenoxy) is 2. The second-order valence-electron chi connectivity index (χ2n) is 6.60. The van der Waals surface area contributed by atoms with Gasteiger partial charge in [0.1, 0.15) is 0 Å². The lowest BCUT2D eigenvalue weighted by Gasteiger charge is -2.12. The molecule has 0 bridgehead atoms. The molecule has 1 unspecified atom stereocenters. The SMILES string of the molecule is CCNC(=NCc1ccc(S(C)(=O)=O)cc1)NCCCOCC1CCCO1. The summed E-state index contributed by atoms with van der Waals surface area (Å²) >= 11 is 0. The first kappa shape index (κ1) is 21.7. The zero-order valence-electron chi connectivity index (χ0n) is 16.2. The van der Waals surface area contributed by atoms with Crippen molar-refractivity contribution in [2.45, 2.75) is 43.7 Å². The van der Waals surface area contributed by atoms with Crippen LogP contribution in [0.5, 0.6) is 0 Å². The largest absolute Gasteiger partial charge is 0.379 e. The molecule has 2 rings (SSSR count). The van der Waals surface area contributed by atoms with Gasteiger partial charge >= 0.3 is 0 Å². The zero-order valence-corrected chi connectivity index (χ0v) is 17.1. The van der Waals surface area contributed by atoms with Crippen molar-refractivity contribution in [3.63, 3.8) is 0 Å². The summed E-state index contributed by atoms with van der Waals surface area (Å²) < 4.78 is 34.2. The normalized spacial score (nSPS) is 17.9. The van der Waals surface area contributed by atoms with Gasteiger partial charge in [0.05, 0.1) is 24.2 Å². The topological polar surface area (TPSA) is 89.0 Å². The Morgan fingerprint density at radius 3 is 2.70 bits per heavy atom. The van der Waals surface area contributed by atoms with Gasteiger partial charge in [-0.1, -0.05) is 12.1 Å². The van der Waals surface area contributed by atoms with Gasteiger partial charge in [0.15, 0.2) is 15.8 Å². The molecule has 7 nitrogen and oxygen atoms in total. The Balaban J connectivity index is 1.71. The highest BCUT2D eigenvalue weighted by Crippen LogP contribution is 2.12. The summed E-state index contributed by atoms with van der Waals surface area (Å²) in [6.45, 7) is 6.27. The standard InChI is InChI=1S/C19H31N3O4S/c1-3-20-19(21-11-5-12-25-15-17-6-4-13-26-17)22-14-16-7-9-18(10-8-16)27(2,23)24/h7-10,17H,3-6,11-15H2,1-2H3,(H2,20,21,22). The van der Waals surface area contributed by atoms with E-state index in [1.54, 1.807) is 24.3 Å². The number of rotatable bonds is 10. The number of sulfone groups is 1. The van der Waals surface area contributed by atoms with Gasteiger partial charge in [0, 0.05) is 32.6 Å². The molecule has 1 atom stereocenters. The van der Waals surface area contributed by atoms with Crippen LogP contribution in [0.1, 0.15) is 31.7 Å². The maximum Gasteiger partial charge on any atom is 0.191 e. The lowest BCUT2D eigenvalue weighted by atomic mass is 10.2. The van der Waals surface area contributed by atoms with Crippen molar-refractivity contribution in [2.75, 3.05) is 39.2 Å². The van der Waals surface area contributed by atoms with E-state index in [4.69, 9.17) is 9.47 Å². The molecule has 0 spiro atoms. The molecule has 0 aromatic heterocycles. The molecule has 1 saturated heterocycles. The highest BCUT2D eigenvalue weighted by atomic mass is 32.2. The van der Waals surface area contributed by atoms with Crippen LogP contribution in [-0.2, 0) is 25.9 Å². The van der Waals surface area contributed by atoms with Crippen molar-refractivity contribution in [3.8, 4) is 0 Å². The molecule has 0 amide bonds. The van der Waals surface area contributed by atoms with E-state index < -0.39 is 9.84 Å². The number of nitrogens with one attached hydrogen (secondary N) is 2. The van der Waals surface area contributed by atoms with Gasteiger partial charge in [0.2, 0.25) is 0 Å². The van der Waals surface area contributed by atoms with E-state index in [2.05, 4.69) is 15.6 Å². The molecule has 1 heterocycles. The number of hydrogen-bond acceptors (Lipinski definition) is 5. The van der Waals surface area contributed by atoms with Crippen molar-refractivity contribution in [2.24, 2.45) is 4.99 Å². The molecule has 0 saturated carbocycles. The number of guanidine groups is 1. The molecule has 8 heteroatoms. The van der Waals surface area contributed by atoms with E-state index in [0.717, 1.165) is 50.5 Å². The van der Waals surface area contributed by atoms with E-state index in [0.29, 0.717) is 24.7 Å². The molecule has 27 heavy (non-hydrogen) atoms. The van der Waals surface area contributed by atoms with Crippen molar-refractivity contribution >= 4 is 15.8 Å². The fourth-order valence-corrected chi connectivity index (χ4v) is 3.36. The Hall–Kier alpha value is -1.64. The summed E-state index contributed by atoms with van der Waals surface area (Å²) in [7, 11) is -3.17.